The van der Waals surface area contributed by atoms with E-state index in [0.717, 1.165) is 32.2 Å². The van der Waals surface area contributed by atoms with Crippen molar-refractivity contribution in [1.29, 1.82) is 0 Å². The fourth-order valence-corrected chi connectivity index (χ4v) is 4.65. The molecule has 2 aromatic rings. The van der Waals surface area contributed by atoms with Gasteiger partial charge in [0.15, 0.2) is 12.4 Å². The highest BCUT2D eigenvalue weighted by Gasteiger charge is 2.21. The third kappa shape index (κ3) is 7.14. The normalized spacial score (nSPS) is 14.0. The first-order valence-electron chi connectivity index (χ1n) is 10.9. The highest BCUT2D eigenvalue weighted by molar-refractivity contribution is 8.03. The lowest BCUT2D eigenvalue weighted by atomic mass is 10.1. The summed E-state index contributed by atoms with van der Waals surface area (Å²) >= 11 is 1.81. The molecule has 0 saturated carbocycles. The van der Waals surface area contributed by atoms with Crippen molar-refractivity contribution in [3.8, 4) is 0 Å². The average Bonchev–Trinajstić information content (AvgIpc) is 3.07. The Labute approximate surface area is 189 Å². The summed E-state index contributed by atoms with van der Waals surface area (Å²) in [5.74, 6) is 0.532. The standard InChI is InChI=1S/C24H32N5OS/c1-28-21-10-4-5-11-22(21)31-23(28)18-19-12-16-29(17-13-19)15-6-2-3-8-20(30)9-7-14-27-24(25)26/h4-5,10-13,16-18H,2-3,6-9,14-15H2,1H3,(H4,25,26,27)/q+1/p+1. The highest BCUT2D eigenvalue weighted by Crippen LogP contribution is 2.45. The second-order valence-electron chi connectivity index (χ2n) is 7.82. The Morgan fingerprint density at radius 1 is 1.06 bits per heavy atom. The molecule has 7 heteroatoms. The number of benzene rings is 1. The first-order chi connectivity index (χ1) is 15.0. The van der Waals surface area contributed by atoms with Gasteiger partial charge in [0.1, 0.15) is 12.3 Å². The zero-order chi connectivity index (χ0) is 22.1. The van der Waals surface area contributed by atoms with E-state index in [-0.39, 0.29) is 5.96 Å². The minimum Gasteiger partial charge on any atom is -0.338 e. The van der Waals surface area contributed by atoms with Crippen LogP contribution in [-0.2, 0) is 11.3 Å². The Bertz CT molecular complexity index is 935. The quantitative estimate of drug-likeness (QED) is 0.215. The molecular formula is C24H33N5OS+2. The van der Waals surface area contributed by atoms with Crippen molar-refractivity contribution in [3.05, 3.63) is 59.4 Å². The molecule has 0 amide bonds. The summed E-state index contributed by atoms with van der Waals surface area (Å²) in [6.45, 7) is 1.62. The van der Waals surface area contributed by atoms with Crippen LogP contribution in [0, 0.1) is 0 Å². The number of unbranched alkanes of at least 4 members (excludes halogenated alkanes) is 2. The predicted molar refractivity (Wildman–Crippen MR) is 127 cm³/mol. The maximum absolute atomic E-state index is 11.9. The summed E-state index contributed by atoms with van der Waals surface area (Å²) in [7, 11) is 2.12. The van der Waals surface area contributed by atoms with Crippen LogP contribution in [0.15, 0.2) is 58.7 Å². The average molecular weight is 440 g/mol. The van der Waals surface area contributed by atoms with Crippen molar-refractivity contribution in [2.24, 2.45) is 11.5 Å². The molecule has 0 atom stereocenters. The van der Waals surface area contributed by atoms with Gasteiger partial charge in [-0.05, 0) is 43.0 Å². The van der Waals surface area contributed by atoms with Crippen LogP contribution in [0.5, 0.6) is 0 Å². The number of thioether (sulfide) groups is 1. The lowest BCUT2D eigenvalue weighted by Gasteiger charge is -2.13. The van der Waals surface area contributed by atoms with Crippen LogP contribution in [0.25, 0.3) is 6.08 Å². The molecule has 1 aliphatic rings. The molecule has 164 valence electrons. The van der Waals surface area contributed by atoms with Gasteiger partial charge in [0.25, 0.3) is 0 Å². The van der Waals surface area contributed by atoms with E-state index in [9.17, 15) is 4.79 Å². The van der Waals surface area contributed by atoms with E-state index in [4.69, 9.17) is 11.5 Å². The van der Waals surface area contributed by atoms with E-state index >= 15 is 0 Å². The molecule has 31 heavy (non-hydrogen) atoms. The number of fused-ring (bicyclic) bond motifs is 1. The van der Waals surface area contributed by atoms with Crippen molar-refractivity contribution < 1.29 is 14.4 Å². The number of hydrogen-bond donors (Lipinski definition) is 3. The second kappa shape index (κ2) is 11.6. The monoisotopic (exact) mass is 439 g/mol. The smallest absolute Gasteiger partial charge is 0.338 e. The van der Waals surface area contributed by atoms with Crippen LogP contribution >= 0.6 is 11.8 Å². The van der Waals surface area contributed by atoms with Crippen LogP contribution in [-0.4, -0.2) is 25.3 Å². The zero-order valence-electron chi connectivity index (χ0n) is 18.2. The lowest BCUT2D eigenvalue weighted by Crippen LogP contribution is -2.78. The van der Waals surface area contributed by atoms with Gasteiger partial charge in [-0.25, -0.2) is 4.57 Å². The van der Waals surface area contributed by atoms with Crippen LogP contribution in [0.4, 0.5) is 5.69 Å². The first kappa shape index (κ1) is 22.9. The van der Waals surface area contributed by atoms with Crippen LogP contribution < -0.4 is 25.9 Å². The topological polar surface area (TPSA) is 90.2 Å². The Morgan fingerprint density at radius 2 is 1.81 bits per heavy atom. The van der Waals surface area contributed by atoms with E-state index in [0.29, 0.717) is 25.2 Å². The number of anilines is 1. The molecule has 3 rings (SSSR count). The van der Waals surface area contributed by atoms with Gasteiger partial charge in [-0.2, -0.15) is 0 Å². The number of aromatic nitrogens is 1. The first-order valence-corrected chi connectivity index (χ1v) is 11.7. The summed E-state index contributed by atoms with van der Waals surface area (Å²) in [5.41, 5.74) is 13.1. The van der Waals surface area contributed by atoms with Gasteiger partial charge in [-0.15, -0.1) is 0 Å². The van der Waals surface area contributed by atoms with Crippen LogP contribution in [0.1, 0.15) is 44.1 Å². The molecule has 5 N–H and O–H groups in total. The number of nitrogens with two attached hydrogens (primary N) is 2. The van der Waals surface area contributed by atoms with Gasteiger partial charge >= 0.3 is 5.96 Å². The number of nitrogens with one attached hydrogen (secondary N) is 1. The van der Waals surface area contributed by atoms with E-state index in [1.165, 1.54) is 21.2 Å². The number of hydrogen-bond acceptors (Lipinski definition) is 3. The number of rotatable bonds is 11. The molecular weight excluding hydrogens is 406 g/mol. The minimum atomic E-state index is 0.213. The number of pyridine rings is 1. The third-order valence-corrected chi connectivity index (χ3v) is 6.48. The molecule has 0 spiro atoms. The zero-order valence-corrected chi connectivity index (χ0v) is 19.0. The number of ketones is 1. The Kier molecular flexibility index (Phi) is 8.53. The highest BCUT2D eigenvalue weighted by atomic mass is 32.2. The Balaban J connectivity index is 1.36. The molecule has 6 nitrogen and oxygen atoms in total. The summed E-state index contributed by atoms with van der Waals surface area (Å²) < 4.78 is 2.21. The third-order valence-electron chi connectivity index (χ3n) is 5.31. The SMILES string of the molecule is CN1C(=Cc2cc[n+](CCCCCC(=O)CCC[NH+]=C(N)N)cc2)Sc2ccccc21. The largest absolute Gasteiger partial charge is 0.338 e. The van der Waals surface area contributed by atoms with Crippen molar-refractivity contribution in [1.82, 2.24) is 0 Å². The number of aryl methyl sites for hydroxylation is 1. The minimum absolute atomic E-state index is 0.213. The second-order valence-corrected chi connectivity index (χ2v) is 8.88. The predicted octanol–water partition coefficient (Wildman–Crippen LogP) is 1.78. The molecule has 0 unspecified atom stereocenters. The fourth-order valence-electron chi connectivity index (χ4n) is 3.54. The van der Waals surface area contributed by atoms with Crippen LogP contribution in [0.2, 0.25) is 0 Å². The van der Waals surface area contributed by atoms with Crippen molar-refractivity contribution in [2.75, 3.05) is 18.5 Å². The summed E-state index contributed by atoms with van der Waals surface area (Å²) in [4.78, 5) is 18.3. The number of guanidine groups is 1. The molecule has 0 fully saturated rings. The molecule has 1 aromatic carbocycles. The van der Waals surface area contributed by atoms with Crippen LogP contribution in [0.3, 0.4) is 0 Å². The molecule has 0 radical (unpaired) electrons. The molecule has 2 heterocycles. The molecule has 0 saturated heterocycles. The van der Waals surface area contributed by atoms with E-state index in [1.54, 1.807) is 0 Å². The maximum Gasteiger partial charge on any atom is 0.338 e. The number of carbonyl (C=O) groups excluding carboxylic acids is 1. The Morgan fingerprint density at radius 3 is 2.55 bits per heavy atom. The summed E-state index contributed by atoms with van der Waals surface area (Å²) in [6.07, 6.45) is 11.6. The lowest BCUT2D eigenvalue weighted by molar-refractivity contribution is -0.697. The number of Topliss-reactive ketones (excluding diaryl/α,β-unsaturated/α-hetero) is 1. The molecule has 0 bridgehead atoms. The maximum atomic E-state index is 11.9. The van der Waals surface area contributed by atoms with E-state index < -0.39 is 0 Å². The van der Waals surface area contributed by atoms with E-state index in [2.05, 4.69) is 76.4 Å². The molecule has 1 aliphatic heterocycles. The van der Waals surface area contributed by atoms with Gasteiger partial charge in [0, 0.05) is 43.3 Å². The Hall–Kier alpha value is -2.80. The summed E-state index contributed by atoms with van der Waals surface area (Å²) in [6, 6.07) is 12.8. The molecule has 1 aromatic heterocycles. The van der Waals surface area contributed by atoms with Crippen molar-refractivity contribution >= 4 is 35.3 Å². The van der Waals surface area contributed by atoms with Gasteiger partial charge in [0.2, 0.25) is 0 Å². The number of carbonyl (C=O) groups is 1. The summed E-state index contributed by atoms with van der Waals surface area (Å²) in [5, 5.41) is 1.24. The van der Waals surface area contributed by atoms with Gasteiger partial charge in [0.05, 0.1) is 17.3 Å². The molecule has 0 aliphatic carbocycles. The number of nitrogens with zero attached hydrogens (tertiary/aromatic N) is 2. The van der Waals surface area contributed by atoms with E-state index in [1.807, 2.05) is 11.8 Å². The number of para-hydroxylation sites is 1. The fraction of sp³-hybridized carbons (Fsp3) is 0.375. The van der Waals surface area contributed by atoms with Gasteiger partial charge in [-0.1, -0.05) is 23.9 Å². The van der Waals surface area contributed by atoms with Crippen molar-refractivity contribution in [2.45, 2.75) is 50.0 Å². The van der Waals surface area contributed by atoms with Gasteiger partial charge in [-0.3, -0.25) is 21.3 Å². The van der Waals surface area contributed by atoms with Crippen molar-refractivity contribution in [3.63, 3.8) is 0 Å². The van der Waals surface area contributed by atoms with Gasteiger partial charge < -0.3 is 4.90 Å².